The zero-order valence-electron chi connectivity index (χ0n) is 64.8. The number of carbonyl (C=O) groups is 2. The summed E-state index contributed by atoms with van der Waals surface area (Å²) in [6.07, 6.45) is 11.3. The van der Waals surface area contributed by atoms with E-state index >= 15 is 0 Å². The first kappa shape index (κ1) is 98.7. The van der Waals surface area contributed by atoms with Crippen molar-refractivity contribution in [3.05, 3.63) is 193 Å². The minimum atomic E-state index is -2.62. The Morgan fingerprint density at radius 2 is 0.800 bits per heavy atom. The van der Waals surface area contributed by atoms with Gasteiger partial charge in [0.05, 0.1) is 37.6 Å². The maximum Gasteiger partial charge on any atom is 0.256 e. The van der Waals surface area contributed by atoms with Gasteiger partial charge in [0, 0.05) is 244 Å². The third-order valence-corrected chi connectivity index (χ3v) is 77.7. The van der Waals surface area contributed by atoms with Gasteiger partial charge < -0.3 is 27.8 Å². The number of carbonyl (C=O) groups excluding carboxylic acids is 2. The number of rotatable bonds is 18. The SMILES string of the molecule is C.C.CC[C@]1(C)C[C@@H](O[SiH](c2ccccc2)c2ccccc2)[C@@]2(C)C3C(=O)CC[C@@]3(CC[C@H]2C)[C@@H](C)[C@@H]1OCOCc1ccccc1.CC[C@]1(C)C[C@H]2O[Si](c3ccccc3)(c3ccccc3)C[C@@H]3CC[C@]4(CCC(=O)C4[C@@]32C)[C@@H](C)[C@@H]1OCOCc1ccccc1.S=S=S=S=S=S=S=S=S=S=S=S=S=S=S=S=S=S=S=S=S=S=S. The third kappa shape index (κ3) is 24.0. The second-order valence-electron chi connectivity index (χ2n) is 31.4. The fourth-order valence-electron chi connectivity index (χ4n) is 20.5. The van der Waals surface area contributed by atoms with Gasteiger partial charge in [0.15, 0.2) is 0 Å². The quantitative estimate of drug-likeness (QED) is 0.0471. The van der Waals surface area contributed by atoms with Crippen LogP contribution in [0.3, 0.4) is 0 Å². The molecule has 16 atom stereocenters. The minimum Gasteiger partial charge on any atom is -0.407 e. The van der Waals surface area contributed by atoms with Gasteiger partial charge in [0.2, 0.25) is 9.04 Å². The Kier molecular flexibility index (Phi) is 41.7. The molecule has 2 unspecified atom stereocenters. The lowest BCUT2D eigenvalue weighted by atomic mass is 9.43. The van der Waals surface area contributed by atoms with Gasteiger partial charge in [-0.05, 0) is 147 Å². The predicted octanol–water partition coefficient (Wildman–Crippen LogP) is 16.1. The molecule has 33 heteroatoms. The topological polar surface area (TPSA) is 89.5 Å². The van der Waals surface area contributed by atoms with Gasteiger partial charge in [-0.2, -0.15) is 0 Å². The Labute approximate surface area is 758 Å². The fraction of sp³-hybridized carbons (Fsp3) is 0.537. The highest BCUT2D eigenvalue weighted by Crippen LogP contribution is 2.72. The van der Waals surface area contributed by atoms with Crippen LogP contribution in [0.4, 0.5) is 0 Å². The number of Topliss-reactive ketones (excluding diaryl/α,β-unsaturated/α-hetero) is 2. The van der Waals surface area contributed by atoms with Gasteiger partial charge in [-0.25, -0.2) is 0 Å². The zero-order valence-corrected chi connectivity index (χ0v) is 85.8. The van der Waals surface area contributed by atoms with Crippen molar-refractivity contribution >= 4 is 259 Å². The summed E-state index contributed by atoms with van der Waals surface area (Å²) in [5.41, 5.74) is 1.44. The average molecular weight is 2020 g/mol. The van der Waals surface area contributed by atoms with E-state index in [1.807, 2.05) is 63.0 Å². The van der Waals surface area contributed by atoms with Crippen LogP contribution in [0.1, 0.15) is 165 Å². The van der Waals surface area contributed by atoms with E-state index in [4.69, 9.17) is 50.2 Å². The highest BCUT2D eigenvalue weighted by molar-refractivity contribution is 8.78. The standard InChI is InChI=1S/C40H50O4Si.C40H52O4Si.2CH4.S23/c1-5-38(3)25-35-39(4)31(27-45(44-35,32-17-11-7-12-18-32)33-19-13-8-14-20-33)21-23-40(24-22-34(41)36(39)40)29(2)37(38)43-28-42-26-30-15-9-6-10-16-30;1-6-38(4)26-35(44-45(32-18-12-8-13-19-32)33-20-14-9-15-21-33)39(5)29(2)22-24-40(25-23-34(41)36(39)40)30(3)37(38)43-28-42-27-31-16-10-7-11-17-31;;;1-3-5-7-9-11-13-15-17-19-21-23-22-20-18-16-14-12-10-8-6-4-2/h6-20,29,31,35-37H,5,21-28H2,1-4H3;7-21,29-30,35-37,45H,6,22-28H2,1-5H3;2*1H4;/t29-,31-,35+,36?,37-,38+,39-,40-;29-,30+,35-,36?,37+,38-,39+,40+;;;/m01.../s1. The molecule has 0 spiro atoms. The van der Waals surface area contributed by atoms with E-state index in [9.17, 15) is 9.59 Å². The molecule has 7 aliphatic rings. The van der Waals surface area contributed by atoms with Crippen LogP contribution in [0.25, 0.3) is 0 Å². The molecule has 13 rings (SSSR count). The lowest BCUT2D eigenvalue weighted by Crippen LogP contribution is -2.74. The lowest BCUT2D eigenvalue weighted by molar-refractivity contribution is -0.228. The Hall–Kier alpha value is -0.0862. The Bertz CT molecular complexity index is 4990. The fourth-order valence-corrected chi connectivity index (χ4v) is 80.0. The van der Waals surface area contributed by atoms with Gasteiger partial charge >= 0.3 is 0 Å². The Morgan fingerprint density at radius 3 is 1.18 bits per heavy atom. The van der Waals surface area contributed by atoms with Crippen molar-refractivity contribution in [1.82, 2.24) is 0 Å². The van der Waals surface area contributed by atoms with E-state index in [1.54, 1.807) is 142 Å². The molecule has 115 heavy (non-hydrogen) atoms. The number of benzene rings is 6. The second kappa shape index (κ2) is 48.6. The van der Waals surface area contributed by atoms with Gasteiger partial charge in [-0.1, -0.05) is 259 Å². The van der Waals surface area contributed by atoms with E-state index in [-0.39, 0.29) is 109 Å². The van der Waals surface area contributed by atoms with E-state index in [0.29, 0.717) is 49.5 Å². The molecule has 6 aromatic carbocycles. The van der Waals surface area contributed by atoms with E-state index in [0.717, 1.165) is 81.4 Å². The summed E-state index contributed by atoms with van der Waals surface area (Å²) in [7, 11) is 31.6. The zero-order chi connectivity index (χ0) is 79.8. The summed E-state index contributed by atoms with van der Waals surface area (Å²) >= 11 is 9.54. The van der Waals surface area contributed by atoms with Crippen LogP contribution in [-0.4, -0.2) is 66.9 Å². The lowest BCUT2D eigenvalue weighted by Gasteiger charge is -2.67. The Balaban J connectivity index is 0.000000207. The van der Waals surface area contributed by atoms with Gasteiger partial charge in [0.25, 0.3) is 8.32 Å². The molecule has 1 saturated heterocycles. The van der Waals surface area contributed by atoms with Gasteiger partial charge in [-0.3, -0.25) is 9.59 Å². The largest absolute Gasteiger partial charge is 0.407 e. The van der Waals surface area contributed by atoms with Crippen LogP contribution in [0, 0.1) is 68.0 Å². The molecule has 1 aliphatic heterocycles. The van der Waals surface area contributed by atoms with E-state index < -0.39 is 17.4 Å². The van der Waals surface area contributed by atoms with E-state index in [2.05, 4.69) is 208 Å². The van der Waals surface area contributed by atoms with Crippen molar-refractivity contribution in [2.45, 2.75) is 198 Å². The molecule has 4 bridgehead atoms. The summed E-state index contributed by atoms with van der Waals surface area (Å²) in [6, 6.07) is 65.4. The van der Waals surface area contributed by atoms with Crippen LogP contribution in [0.2, 0.25) is 6.04 Å². The number of hydrogen-bond donors (Lipinski definition) is 0. The second-order valence-corrected chi connectivity index (χ2v) is 74.3. The molecule has 8 nitrogen and oxygen atoms in total. The Morgan fingerprint density at radius 1 is 0.452 bits per heavy atom. The monoisotopic (exact) mass is 2010 g/mol. The summed E-state index contributed by atoms with van der Waals surface area (Å²) in [5, 5.41) is 5.28. The first-order valence-corrected chi connectivity index (χ1v) is 71.3. The van der Waals surface area contributed by atoms with Crippen LogP contribution >= 0.6 is 0 Å². The normalized spacial score (nSPS) is 29.5. The molecule has 6 aliphatic carbocycles. The maximum absolute atomic E-state index is 14.2. The maximum atomic E-state index is 14.2. The van der Waals surface area contributed by atoms with Crippen molar-refractivity contribution in [1.29, 1.82) is 0 Å². The molecule has 7 fully saturated rings. The first-order valence-electron chi connectivity index (χ1n) is 38.2. The molecule has 6 saturated carbocycles. The molecular formula is C82H110O8S23Si2. The number of hydrogen-bond acceptors (Lipinski definition) is 10. The summed E-state index contributed by atoms with van der Waals surface area (Å²) in [6.45, 7) is 23.1. The number of ketones is 2. The van der Waals surface area contributed by atoms with Crippen LogP contribution in [0.5, 0.6) is 0 Å². The molecule has 0 N–H and O–H groups in total. The molecular weight excluding hydrogens is 1910 g/mol. The molecule has 632 valence electrons. The highest BCUT2D eigenvalue weighted by atomic mass is 33.5. The van der Waals surface area contributed by atoms with Gasteiger partial charge in [-0.15, -0.1) is 0 Å². The predicted molar refractivity (Wildman–Crippen MR) is 549 cm³/mol. The van der Waals surface area contributed by atoms with Gasteiger partial charge in [0.1, 0.15) is 25.2 Å². The smallest absolute Gasteiger partial charge is 0.256 e. The molecule has 0 radical (unpaired) electrons. The van der Waals surface area contributed by atoms with Crippen LogP contribution in [-0.2, 0) is 259 Å². The average Bonchev–Trinajstić information content (AvgIpc) is 1.66. The molecule has 0 aromatic heterocycles. The summed E-state index contributed by atoms with van der Waals surface area (Å²) in [4.78, 5) is 28.4. The van der Waals surface area contributed by atoms with Crippen LogP contribution in [0.15, 0.2) is 182 Å². The van der Waals surface area contributed by atoms with Crippen molar-refractivity contribution in [2.24, 2.45) is 68.0 Å². The summed E-state index contributed by atoms with van der Waals surface area (Å²) in [5.74, 6) is 2.24. The van der Waals surface area contributed by atoms with Crippen molar-refractivity contribution in [2.75, 3.05) is 13.6 Å². The highest BCUT2D eigenvalue weighted by Gasteiger charge is 2.73. The van der Waals surface area contributed by atoms with Crippen LogP contribution < -0.4 is 20.7 Å². The third-order valence-electron chi connectivity index (χ3n) is 26.4. The number of ether oxygens (including phenoxy) is 4. The van der Waals surface area contributed by atoms with Crippen molar-refractivity contribution < 1.29 is 37.4 Å². The minimum absolute atomic E-state index is 0. The van der Waals surface area contributed by atoms with E-state index in [1.165, 1.54) is 38.5 Å². The molecule has 0 amide bonds. The molecule has 6 aromatic rings. The molecule has 1 heterocycles. The van der Waals surface area contributed by atoms with Crippen molar-refractivity contribution in [3.8, 4) is 0 Å². The summed E-state index contributed by atoms with van der Waals surface area (Å²) < 4.78 is 41.6. The van der Waals surface area contributed by atoms with Crippen molar-refractivity contribution in [3.63, 3.8) is 0 Å². The first-order chi connectivity index (χ1) is 54.9.